The van der Waals surface area contributed by atoms with Crippen LogP contribution in [-0.4, -0.2) is 20.6 Å². The van der Waals surface area contributed by atoms with Gasteiger partial charge in [0.1, 0.15) is 11.4 Å². The molecule has 0 atom stereocenters. The molecular formula is C20H17N3O4. The number of carboxylic acids is 1. The van der Waals surface area contributed by atoms with Crippen LogP contribution in [0.2, 0.25) is 0 Å². The average molecular weight is 363 g/mol. The summed E-state index contributed by atoms with van der Waals surface area (Å²) in [7, 11) is 0. The number of hydrogen-bond acceptors (Lipinski definition) is 5. The first-order chi connectivity index (χ1) is 13.0. The number of anilines is 1. The maximum atomic E-state index is 12.8. The number of aromatic carboxylic acids is 1. The van der Waals surface area contributed by atoms with Gasteiger partial charge in [-0.1, -0.05) is 6.07 Å². The lowest BCUT2D eigenvalue weighted by molar-refractivity contribution is 0.0695. The summed E-state index contributed by atoms with van der Waals surface area (Å²) < 4.78 is 7.81. The number of carboxylic acid groups (broad SMARTS) is 1. The summed E-state index contributed by atoms with van der Waals surface area (Å²) in [6, 6.07) is 5.58. The van der Waals surface area contributed by atoms with E-state index in [1.54, 1.807) is 18.3 Å². The fourth-order valence-electron chi connectivity index (χ4n) is 3.85. The lowest BCUT2D eigenvalue weighted by Gasteiger charge is -2.17. The Labute approximate surface area is 154 Å². The van der Waals surface area contributed by atoms with E-state index in [2.05, 4.69) is 4.98 Å². The van der Waals surface area contributed by atoms with E-state index in [9.17, 15) is 14.7 Å². The fourth-order valence-corrected chi connectivity index (χ4v) is 3.85. The number of ether oxygens (including phenoxy) is 1. The summed E-state index contributed by atoms with van der Waals surface area (Å²) in [6.45, 7) is 0.735. The molecule has 7 heteroatoms. The van der Waals surface area contributed by atoms with Crippen LogP contribution in [0, 0.1) is 0 Å². The zero-order chi connectivity index (χ0) is 18.7. The average Bonchev–Trinajstić information content (AvgIpc) is 3.47. The number of pyridine rings is 2. The third kappa shape index (κ3) is 2.43. The van der Waals surface area contributed by atoms with Crippen molar-refractivity contribution in [1.29, 1.82) is 0 Å². The van der Waals surface area contributed by atoms with Crippen LogP contribution in [-0.2, 0) is 18.0 Å². The van der Waals surface area contributed by atoms with E-state index in [1.807, 2.05) is 10.6 Å². The van der Waals surface area contributed by atoms with Crippen LogP contribution in [0.4, 0.5) is 5.82 Å². The molecule has 0 amide bonds. The molecule has 3 N–H and O–H groups in total. The van der Waals surface area contributed by atoms with Gasteiger partial charge < -0.3 is 20.1 Å². The van der Waals surface area contributed by atoms with Crippen molar-refractivity contribution < 1.29 is 14.6 Å². The van der Waals surface area contributed by atoms with Crippen molar-refractivity contribution in [2.75, 3.05) is 5.73 Å². The van der Waals surface area contributed by atoms with E-state index in [0.717, 1.165) is 40.6 Å². The molecule has 0 bridgehead atoms. The molecule has 1 aliphatic heterocycles. The van der Waals surface area contributed by atoms with Crippen LogP contribution in [0.15, 0.2) is 35.4 Å². The Balaban J connectivity index is 1.88. The highest BCUT2D eigenvalue weighted by Crippen LogP contribution is 2.41. The second kappa shape index (κ2) is 5.65. The number of aromatic nitrogens is 2. The maximum absolute atomic E-state index is 12.8. The number of carbonyl (C=O) groups is 1. The van der Waals surface area contributed by atoms with Gasteiger partial charge >= 0.3 is 5.97 Å². The van der Waals surface area contributed by atoms with E-state index in [0.29, 0.717) is 24.4 Å². The number of fused-ring (bicyclic) bond motifs is 5. The largest absolute Gasteiger partial charge is 0.477 e. The molecule has 27 heavy (non-hydrogen) atoms. The van der Waals surface area contributed by atoms with Crippen LogP contribution in [0.5, 0.6) is 0 Å². The number of nitrogens with zero attached hydrogens (tertiary/aromatic N) is 2. The highest BCUT2D eigenvalue weighted by atomic mass is 16.5. The van der Waals surface area contributed by atoms with Crippen molar-refractivity contribution in [3.8, 4) is 11.1 Å². The molecule has 0 radical (unpaired) electrons. The van der Waals surface area contributed by atoms with Gasteiger partial charge in [0.15, 0.2) is 0 Å². The molecule has 0 saturated heterocycles. The Morgan fingerprint density at radius 1 is 1.26 bits per heavy atom. The molecule has 1 fully saturated rings. The van der Waals surface area contributed by atoms with E-state index >= 15 is 0 Å². The molecule has 136 valence electrons. The van der Waals surface area contributed by atoms with Gasteiger partial charge in [0.2, 0.25) is 5.43 Å². The van der Waals surface area contributed by atoms with Crippen molar-refractivity contribution in [2.45, 2.75) is 32.1 Å². The van der Waals surface area contributed by atoms with Crippen LogP contribution in [0.25, 0.3) is 22.0 Å². The SMILES string of the molecule is Nc1cc2c(cn1)-c1ccc3c(=O)c(C(=O)O)cn(C4CC4)c3c1COC2. The predicted molar refractivity (Wildman–Crippen MR) is 99.6 cm³/mol. The highest BCUT2D eigenvalue weighted by Gasteiger charge is 2.29. The van der Waals surface area contributed by atoms with Gasteiger partial charge in [0.05, 0.1) is 18.7 Å². The van der Waals surface area contributed by atoms with Crippen molar-refractivity contribution >= 4 is 22.7 Å². The van der Waals surface area contributed by atoms with Crippen LogP contribution in [0.3, 0.4) is 0 Å². The molecule has 1 aliphatic carbocycles. The van der Waals surface area contributed by atoms with E-state index in [4.69, 9.17) is 10.5 Å². The van der Waals surface area contributed by atoms with Gasteiger partial charge in [-0.2, -0.15) is 0 Å². The molecule has 3 aromatic rings. The number of rotatable bonds is 2. The van der Waals surface area contributed by atoms with Crippen LogP contribution >= 0.6 is 0 Å². The molecule has 1 aromatic carbocycles. The molecule has 0 spiro atoms. The minimum absolute atomic E-state index is 0.196. The van der Waals surface area contributed by atoms with Gasteiger partial charge in [-0.3, -0.25) is 4.79 Å². The Morgan fingerprint density at radius 3 is 2.81 bits per heavy atom. The first-order valence-corrected chi connectivity index (χ1v) is 8.81. The summed E-state index contributed by atoms with van der Waals surface area (Å²) in [6.07, 6.45) is 5.15. The molecule has 0 unspecified atom stereocenters. The molecule has 1 saturated carbocycles. The predicted octanol–water partition coefficient (Wildman–Crippen LogP) is 2.71. The van der Waals surface area contributed by atoms with Crippen molar-refractivity contribution in [2.24, 2.45) is 0 Å². The minimum Gasteiger partial charge on any atom is -0.477 e. The smallest absolute Gasteiger partial charge is 0.341 e. The topological polar surface area (TPSA) is 107 Å². The molecule has 7 nitrogen and oxygen atoms in total. The third-order valence-electron chi connectivity index (χ3n) is 5.27. The van der Waals surface area contributed by atoms with Crippen molar-refractivity contribution in [1.82, 2.24) is 9.55 Å². The normalized spacial score (nSPS) is 15.9. The Hall–Kier alpha value is -3.19. The van der Waals surface area contributed by atoms with Crippen molar-refractivity contribution in [3.05, 3.63) is 57.5 Å². The monoisotopic (exact) mass is 363 g/mol. The molecule has 5 rings (SSSR count). The third-order valence-corrected chi connectivity index (χ3v) is 5.27. The van der Waals surface area contributed by atoms with Crippen molar-refractivity contribution in [3.63, 3.8) is 0 Å². The van der Waals surface area contributed by atoms with E-state index < -0.39 is 11.4 Å². The molecule has 3 heterocycles. The second-order valence-corrected chi connectivity index (χ2v) is 7.06. The Morgan fingerprint density at radius 2 is 2.07 bits per heavy atom. The maximum Gasteiger partial charge on any atom is 0.341 e. The van der Waals surface area contributed by atoms with Crippen LogP contribution < -0.4 is 11.2 Å². The van der Waals surface area contributed by atoms with E-state index in [-0.39, 0.29) is 11.6 Å². The lowest BCUT2D eigenvalue weighted by atomic mass is 9.95. The van der Waals surface area contributed by atoms with Gasteiger partial charge in [-0.25, -0.2) is 9.78 Å². The van der Waals surface area contributed by atoms with Gasteiger partial charge in [0, 0.05) is 34.9 Å². The summed E-state index contributed by atoms with van der Waals surface area (Å²) in [5.41, 5.74) is 9.62. The van der Waals surface area contributed by atoms with E-state index in [1.165, 1.54) is 6.20 Å². The lowest BCUT2D eigenvalue weighted by Crippen LogP contribution is -2.19. The van der Waals surface area contributed by atoms with Gasteiger partial charge in [0.25, 0.3) is 0 Å². The molecule has 2 aliphatic rings. The Bertz CT molecular complexity index is 1180. The fraction of sp³-hybridized carbons (Fsp3) is 0.250. The summed E-state index contributed by atoms with van der Waals surface area (Å²) in [4.78, 5) is 28.5. The van der Waals surface area contributed by atoms with Crippen LogP contribution in [0.1, 0.15) is 40.4 Å². The summed E-state index contributed by atoms with van der Waals surface area (Å²) in [5.74, 6) is -0.768. The zero-order valence-corrected chi connectivity index (χ0v) is 14.4. The Kier molecular flexibility index (Phi) is 3.35. The standard InChI is InChI=1S/C20H17N3O4/c21-17-5-10-8-27-9-16-12(14(10)6-22-17)3-4-13-18(16)23(11-1-2-11)7-15(19(13)24)20(25)26/h3-7,11H,1-2,8-9H2,(H2,21,22)(H,25,26). The summed E-state index contributed by atoms with van der Waals surface area (Å²) >= 11 is 0. The first-order valence-electron chi connectivity index (χ1n) is 8.81. The first kappa shape index (κ1) is 16.0. The summed E-state index contributed by atoms with van der Waals surface area (Å²) in [5, 5.41) is 9.85. The second-order valence-electron chi connectivity index (χ2n) is 7.06. The minimum atomic E-state index is -1.20. The quantitative estimate of drug-likeness (QED) is 0.725. The molecule has 2 aromatic heterocycles. The van der Waals surface area contributed by atoms with Gasteiger partial charge in [-0.15, -0.1) is 0 Å². The zero-order valence-electron chi connectivity index (χ0n) is 14.4. The number of nitrogens with two attached hydrogens (primary N) is 1. The number of benzene rings is 1. The number of nitrogen functional groups attached to an aromatic ring is 1. The molecular weight excluding hydrogens is 346 g/mol. The number of hydrogen-bond donors (Lipinski definition) is 2. The highest BCUT2D eigenvalue weighted by molar-refractivity contribution is 5.96. The van der Waals surface area contributed by atoms with Gasteiger partial charge in [-0.05, 0) is 36.1 Å².